The summed E-state index contributed by atoms with van der Waals surface area (Å²) < 4.78 is 1.82. The maximum atomic E-state index is 5.77. The van der Waals surface area contributed by atoms with Crippen molar-refractivity contribution < 1.29 is 0 Å². The molecule has 1 aromatic heterocycles. The van der Waals surface area contributed by atoms with Crippen LogP contribution in [0.15, 0.2) is 6.20 Å². The standard InChI is InChI=1S/C8H14ClN3/c1-3-4-6(2)12-5-7(9)8(10)11-12/h5-6H,3-4H2,1-2H3,(H2,10,11). The first-order chi connectivity index (χ1) is 5.65. The Kier molecular flexibility index (Phi) is 2.98. The Morgan fingerprint density at radius 1 is 1.75 bits per heavy atom. The van der Waals surface area contributed by atoms with Gasteiger partial charge in [-0.1, -0.05) is 24.9 Å². The van der Waals surface area contributed by atoms with Crippen molar-refractivity contribution in [2.75, 3.05) is 5.73 Å². The fourth-order valence-corrected chi connectivity index (χ4v) is 1.30. The van der Waals surface area contributed by atoms with E-state index in [1.165, 1.54) is 0 Å². The second-order valence-corrected chi connectivity index (χ2v) is 3.39. The fourth-order valence-electron chi connectivity index (χ4n) is 1.16. The summed E-state index contributed by atoms with van der Waals surface area (Å²) in [6.45, 7) is 4.25. The van der Waals surface area contributed by atoms with E-state index in [0.717, 1.165) is 12.8 Å². The molecule has 0 radical (unpaired) electrons. The largest absolute Gasteiger partial charge is 0.381 e. The zero-order valence-electron chi connectivity index (χ0n) is 7.42. The highest BCUT2D eigenvalue weighted by Gasteiger charge is 2.07. The van der Waals surface area contributed by atoms with Crippen LogP contribution in [0.4, 0.5) is 5.82 Å². The van der Waals surface area contributed by atoms with Crippen molar-refractivity contribution in [1.82, 2.24) is 9.78 Å². The van der Waals surface area contributed by atoms with Gasteiger partial charge in [-0.15, -0.1) is 0 Å². The van der Waals surface area contributed by atoms with Crippen LogP contribution < -0.4 is 5.73 Å². The third-order valence-electron chi connectivity index (χ3n) is 1.87. The molecule has 2 N–H and O–H groups in total. The number of anilines is 1. The van der Waals surface area contributed by atoms with E-state index in [1.54, 1.807) is 6.20 Å². The monoisotopic (exact) mass is 187 g/mol. The van der Waals surface area contributed by atoms with Crippen molar-refractivity contribution in [3.05, 3.63) is 11.2 Å². The van der Waals surface area contributed by atoms with Gasteiger partial charge in [0.25, 0.3) is 0 Å². The zero-order chi connectivity index (χ0) is 9.14. The van der Waals surface area contributed by atoms with Crippen molar-refractivity contribution in [3.63, 3.8) is 0 Å². The highest BCUT2D eigenvalue weighted by molar-refractivity contribution is 6.32. The third kappa shape index (κ3) is 1.91. The first-order valence-corrected chi connectivity index (χ1v) is 4.53. The molecule has 1 unspecified atom stereocenters. The molecule has 0 aliphatic carbocycles. The molecular weight excluding hydrogens is 174 g/mol. The van der Waals surface area contributed by atoms with E-state index in [1.807, 2.05) is 4.68 Å². The smallest absolute Gasteiger partial charge is 0.164 e. The normalized spacial score (nSPS) is 13.2. The number of hydrogen-bond acceptors (Lipinski definition) is 2. The average Bonchev–Trinajstić information content (AvgIpc) is 2.33. The second-order valence-electron chi connectivity index (χ2n) is 2.98. The van der Waals surface area contributed by atoms with Crippen LogP contribution in [0.2, 0.25) is 5.02 Å². The molecule has 1 heterocycles. The molecule has 4 heteroatoms. The fraction of sp³-hybridized carbons (Fsp3) is 0.625. The van der Waals surface area contributed by atoms with E-state index in [9.17, 15) is 0 Å². The summed E-state index contributed by atoms with van der Waals surface area (Å²) >= 11 is 5.77. The van der Waals surface area contributed by atoms with E-state index in [-0.39, 0.29) is 0 Å². The molecular formula is C8H14ClN3. The predicted molar refractivity (Wildman–Crippen MR) is 51.3 cm³/mol. The second kappa shape index (κ2) is 3.81. The van der Waals surface area contributed by atoms with Gasteiger partial charge in [0.1, 0.15) is 5.02 Å². The van der Waals surface area contributed by atoms with E-state index >= 15 is 0 Å². The minimum atomic E-state index is 0.379. The molecule has 1 rings (SSSR count). The molecule has 0 amide bonds. The van der Waals surface area contributed by atoms with E-state index in [0.29, 0.717) is 16.9 Å². The number of nitrogens with two attached hydrogens (primary N) is 1. The molecule has 0 spiro atoms. The summed E-state index contributed by atoms with van der Waals surface area (Å²) in [5.41, 5.74) is 5.51. The van der Waals surface area contributed by atoms with Gasteiger partial charge in [-0.25, -0.2) is 0 Å². The van der Waals surface area contributed by atoms with E-state index < -0.39 is 0 Å². The SMILES string of the molecule is CCCC(C)n1cc(Cl)c(N)n1. The van der Waals surface area contributed by atoms with Crippen LogP contribution in [0.5, 0.6) is 0 Å². The van der Waals surface area contributed by atoms with E-state index in [4.69, 9.17) is 17.3 Å². The summed E-state index contributed by atoms with van der Waals surface area (Å²) in [5, 5.41) is 4.63. The molecule has 3 nitrogen and oxygen atoms in total. The topological polar surface area (TPSA) is 43.8 Å². The van der Waals surface area contributed by atoms with Crippen LogP contribution in [0, 0.1) is 0 Å². The highest BCUT2D eigenvalue weighted by atomic mass is 35.5. The van der Waals surface area contributed by atoms with Crippen molar-refractivity contribution >= 4 is 17.4 Å². The van der Waals surface area contributed by atoms with Gasteiger partial charge in [0.05, 0.1) is 0 Å². The zero-order valence-corrected chi connectivity index (χ0v) is 8.17. The summed E-state index contributed by atoms with van der Waals surface area (Å²) in [5.74, 6) is 0.416. The van der Waals surface area contributed by atoms with Crippen molar-refractivity contribution in [1.29, 1.82) is 0 Å². The Balaban J connectivity index is 2.74. The van der Waals surface area contributed by atoms with Crippen LogP contribution in [-0.4, -0.2) is 9.78 Å². The lowest BCUT2D eigenvalue weighted by atomic mass is 10.2. The Morgan fingerprint density at radius 2 is 2.42 bits per heavy atom. The van der Waals surface area contributed by atoms with Crippen LogP contribution in [-0.2, 0) is 0 Å². The number of nitrogens with zero attached hydrogens (tertiary/aromatic N) is 2. The molecule has 68 valence electrons. The lowest BCUT2D eigenvalue weighted by molar-refractivity contribution is 0.456. The molecule has 0 fully saturated rings. The van der Waals surface area contributed by atoms with Crippen LogP contribution >= 0.6 is 11.6 Å². The summed E-state index contributed by atoms with van der Waals surface area (Å²) in [6, 6.07) is 0.379. The molecule has 0 saturated carbocycles. The number of rotatable bonds is 3. The lowest BCUT2D eigenvalue weighted by Gasteiger charge is -2.09. The van der Waals surface area contributed by atoms with Gasteiger partial charge in [-0.3, -0.25) is 4.68 Å². The van der Waals surface area contributed by atoms with Crippen LogP contribution in [0.25, 0.3) is 0 Å². The predicted octanol–water partition coefficient (Wildman–Crippen LogP) is 2.48. The minimum absolute atomic E-state index is 0.379. The van der Waals surface area contributed by atoms with Gasteiger partial charge in [-0.05, 0) is 13.3 Å². The van der Waals surface area contributed by atoms with Gasteiger partial charge < -0.3 is 5.73 Å². The number of aromatic nitrogens is 2. The molecule has 1 aromatic rings. The van der Waals surface area contributed by atoms with E-state index in [2.05, 4.69) is 18.9 Å². The number of nitrogen functional groups attached to an aromatic ring is 1. The summed E-state index contributed by atoms with van der Waals surface area (Å²) in [7, 11) is 0. The van der Waals surface area contributed by atoms with Gasteiger partial charge in [-0.2, -0.15) is 5.10 Å². The highest BCUT2D eigenvalue weighted by Crippen LogP contribution is 2.20. The van der Waals surface area contributed by atoms with Gasteiger partial charge >= 0.3 is 0 Å². The summed E-state index contributed by atoms with van der Waals surface area (Å²) in [4.78, 5) is 0. The average molecular weight is 188 g/mol. The maximum absolute atomic E-state index is 5.77. The van der Waals surface area contributed by atoms with Gasteiger partial charge in [0.15, 0.2) is 5.82 Å². The first kappa shape index (κ1) is 9.39. The van der Waals surface area contributed by atoms with Crippen molar-refractivity contribution in [2.45, 2.75) is 32.7 Å². The Bertz CT molecular complexity index is 237. The molecule has 0 bridgehead atoms. The molecule has 12 heavy (non-hydrogen) atoms. The van der Waals surface area contributed by atoms with Gasteiger partial charge in [0.2, 0.25) is 0 Å². The van der Waals surface area contributed by atoms with Crippen LogP contribution in [0.3, 0.4) is 0 Å². The van der Waals surface area contributed by atoms with Gasteiger partial charge in [0, 0.05) is 12.2 Å². The molecule has 0 saturated heterocycles. The maximum Gasteiger partial charge on any atom is 0.164 e. The minimum Gasteiger partial charge on any atom is -0.381 e. The molecule has 0 aromatic carbocycles. The first-order valence-electron chi connectivity index (χ1n) is 4.15. The Labute approximate surface area is 77.5 Å². The third-order valence-corrected chi connectivity index (χ3v) is 2.16. The molecule has 1 atom stereocenters. The Morgan fingerprint density at radius 3 is 2.83 bits per heavy atom. The lowest BCUT2D eigenvalue weighted by Crippen LogP contribution is -2.05. The molecule has 0 aliphatic rings. The quantitative estimate of drug-likeness (QED) is 0.790. The number of hydrogen-bond donors (Lipinski definition) is 1. The van der Waals surface area contributed by atoms with Crippen molar-refractivity contribution in [2.24, 2.45) is 0 Å². The Hall–Kier alpha value is -0.700. The summed E-state index contributed by atoms with van der Waals surface area (Å²) in [6.07, 6.45) is 4.01. The molecule has 0 aliphatic heterocycles. The van der Waals surface area contributed by atoms with Crippen molar-refractivity contribution in [3.8, 4) is 0 Å². The van der Waals surface area contributed by atoms with Crippen LogP contribution in [0.1, 0.15) is 32.7 Å². The number of halogens is 1.